The molecule has 0 rings (SSSR count). The van der Waals surface area contributed by atoms with Gasteiger partial charge < -0.3 is 8.93 Å². The fourth-order valence-corrected chi connectivity index (χ4v) is 0.448. The van der Waals surface area contributed by atoms with Crippen molar-refractivity contribution in [1.82, 2.24) is 0 Å². The molecule has 4 nitrogen and oxygen atoms in total. The van der Waals surface area contributed by atoms with E-state index in [0.29, 0.717) is 0 Å². The van der Waals surface area contributed by atoms with Crippen LogP contribution >= 0.6 is 16.3 Å². The second kappa shape index (κ2) is 3.45. The van der Waals surface area contributed by atoms with E-state index < -0.39 is 17.9 Å². The molecule has 52 valence electrons. The average molecular weight is 197 g/mol. The maximum atomic E-state index is 10.3. The molecular formula is C4H5BrO4. The van der Waals surface area contributed by atoms with E-state index in [1.807, 2.05) is 0 Å². The quantitative estimate of drug-likeness (QED) is 0.656. The molecule has 0 bridgehead atoms. The highest BCUT2D eigenvalue weighted by atomic mass is 79.9. The molecule has 0 aromatic carbocycles. The van der Waals surface area contributed by atoms with Gasteiger partial charge in [-0.1, -0.05) is 0 Å². The van der Waals surface area contributed by atoms with Crippen LogP contribution < -0.4 is 0 Å². The van der Waals surface area contributed by atoms with Gasteiger partial charge in [0.05, 0.1) is 0 Å². The predicted octanol–water partition coefficient (Wildman–Crippen LogP) is 0.560. The number of hydrogen-bond donors (Lipinski definition) is 1. The molecule has 1 atom stereocenters. The lowest BCUT2D eigenvalue weighted by Gasteiger charge is -1.98. The first-order valence-electron chi connectivity index (χ1n) is 2.14. The minimum Gasteiger partial charge on any atom is -0.481 e. The van der Waals surface area contributed by atoms with Gasteiger partial charge in [-0.15, -0.1) is 0 Å². The molecule has 0 saturated carbocycles. The maximum absolute atomic E-state index is 10.3. The zero-order valence-corrected chi connectivity index (χ0v) is 6.21. The number of carbonyl (C=O) groups excluding carboxylic acids is 1. The third-order valence-electron chi connectivity index (χ3n) is 0.800. The Morgan fingerprint density at radius 3 is 2.22 bits per heavy atom. The molecule has 5 heteroatoms. The maximum Gasteiger partial charge on any atom is 0.331 e. The van der Waals surface area contributed by atoms with Crippen LogP contribution in [0.15, 0.2) is 0 Å². The summed E-state index contributed by atoms with van der Waals surface area (Å²) in [6.07, 6.45) is 0. The lowest BCUT2D eigenvalue weighted by atomic mass is 10.2. The van der Waals surface area contributed by atoms with Crippen molar-refractivity contribution in [3.8, 4) is 0 Å². The fourth-order valence-electron chi connectivity index (χ4n) is 0.168. The van der Waals surface area contributed by atoms with Gasteiger partial charge in [-0.25, -0.2) is 0 Å². The molecule has 0 saturated heterocycles. The van der Waals surface area contributed by atoms with Crippen molar-refractivity contribution in [2.24, 2.45) is 5.92 Å². The van der Waals surface area contributed by atoms with E-state index in [1.54, 1.807) is 0 Å². The summed E-state index contributed by atoms with van der Waals surface area (Å²) in [6.45, 7) is 1.24. The Hall–Kier alpha value is -0.580. The number of carboxylic acids is 1. The van der Waals surface area contributed by atoms with Crippen LogP contribution in [0, 0.1) is 5.92 Å². The van der Waals surface area contributed by atoms with E-state index >= 15 is 0 Å². The summed E-state index contributed by atoms with van der Waals surface area (Å²) in [4.78, 5) is 20.3. The molecule has 1 unspecified atom stereocenters. The van der Waals surface area contributed by atoms with E-state index in [-0.39, 0.29) is 0 Å². The number of hydrogen-bond acceptors (Lipinski definition) is 3. The van der Waals surface area contributed by atoms with Gasteiger partial charge in [-0.3, -0.25) is 9.59 Å². The van der Waals surface area contributed by atoms with E-state index in [1.165, 1.54) is 6.92 Å². The Bertz CT molecular complexity index is 133. The molecule has 0 aromatic heterocycles. The summed E-state index contributed by atoms with van der Waals surface area (Å²) in [5, 5.41) is 8.16. The second-order valence-electron chi connectivity index (χ2n) is 1.46. The first-order chi connectivity index (χ1) is 4.09. The molecule has 0 amide bonds. The van der Waals surface area contributed by atoms with Gasteiger partial charge in [0.25, 0.3) is 0 Å². The van der Waals surface area contributed by atoms with Crippen LogP contribution in [0.5, 0.6) is 0 Å². The normalized spacial score (nSPS) is 12.2. The average Bonchev–Trinajstić information content (AvgIpc) is 1.84. The summed E-state index contributed by atoms with van der Waals surface area (Å²) in [5.74, 6) is -3.11. The molecular weight excluding hydrogens is 192 g/mol. The molecule has 0 aliphatic rings. The monoisotopic (exact) mass is 196 g/mol. The van der Waals surface area contributed by atoms with Crippen molar-refractivity contribution in [1.29, 1.82) is 0 Å². The van der Waals surface area contributed by atoms with Crippen LogP contribution in [-0.2, 0) is 13.4 Å². The molecule has 0 aliphatic carbocycles. The van der Waals surface area contributed by atoms with Crippen molar-refractivity contribution >= 4 is 28.2 Å². The first kappa shape index (κ1) is 8.42. The third-order valence-corrected chi connectivity index (χ3v) is 1.12. The van der Waals surface area contributed by atoms with Gasteiger partial charge in [0, 0.05) is 0 Å². The van der Waals surface area contributed by atoms with Gasteiger partial charge >= 0.3 is 11.9 Å². The summed E-state index contributed by atoms with van der Waals surface area (Å²) in [6, 6.07) is 0. The largest absolute Gasteiger partial charge is 0.481 e. The van der Waals surface area contributed by atoms with Gasteiger partial charge in [0.1, 0.15) is 0 Å². The lowest BCUT2D eigenvalue weighted by Crippen LogP contribution is -2.19. The molecule has 9 heavy (non-hydrogen) atoms. The molecule has 0 spiro atoms. The fraction of sp³-hybridized carbons (Fsp3) is 0.500. The number of carbonyl (C=O) groups is 2. The molecule has 1 N–H and O–H groups in total. The third kappa shape index (κ3) is 2.46. The number of rotatable bonds is 2. The number of halogens is 1. The highest BCUT2D eigenvalue weighted by molar-refractivity contribution is 9.06. The van der Waals surface area contributed by atoms with E-state index in [9.17, 15) is 9.59 Å². The van der Waals surface area contributed by atoms with E-state index in [4.69, 9.17) is 5.11 Å². The van der Waals surface area contributed by atoms with Crippen LogP contribution in [0.2, 0.25) is 0 Å². The molecule has 0 aromatic rings. The number of carboxylic acid groups (broad SMARTS) is 1. The zero-order chi connectivity index (χ0) is 7.44. The van der Waals surface area contributed by atoms with Gasteiger partial charge in [-0.2, -0.15) is 0 Å². The smallest absolute Gasteiger partial charge is 0.331 e. The van der Waals surface area contributed by atoms with Crippen LogP contribution in [0.1, 0.15) is 6.92 Å². The van der Waals surface area contributed by atoms with E-state index in [0.717, 1.165) is 0 Å². The molecule has 0 fully saturated rings. The van der Waals surface area contributed by atoms with Crippen molar-refractivity contribution in [2.75, 3.05) is 0 Å². The number of aliphatic carboxylic acids is 1. The Morgan fingerprint density at radius 2 is 2.11 bits per heavy atom. The van der Waals surface area contributed by atoms with Gasteiger partial charge in [0.15, 0.2) is 22.2 Å². The molecule has 0 aliphatic heterocycles. The van der Waals surface area contributed by atoms with Crippen LogP contribution in [0.25, 0.3) is 0 Å². The highest BCUT2D eigenvalue weighted by Gasteiger charge is 2.21. The standard InChI is InChI=1S/C4H5BrO4/c1-2(3(6)7)4(8)9-5/h2H,1H3,(H,6,7). The first-order valence-corrected chi connectivity index (χ1v) is 2.79. The highest BCUT2D eigenvalue weighted by Crippen LogP contribution is 2.00. The van der Waals surface area contributed by atoms with Crippen molar-refractivity contribution in [2.45, 2.75) is 6.92 Å². The molecule has 0 radical (unpaired) electrons. The Morgan fingerprint density at radius 1 is 1.67 bits per heavy atom. The van der Waals surface area contributed by atoms with Gasteiger partial charge in [-0.05, 0) is 6.92 Å². The SMILES string of the molecule is CC(C(=O)O)C(=O)OBr. The molecule has 0 heterocycles. The Labute approximate surface area is 60.3 Å². The van der Waals surface area contributed by atoms with Crippen LogP contribution in [0.3, 0.4) is 0 Å². The predicted molar refractivity (Wildman–Crippen MR) is 31.8 cm³/mol. The van der Waals surface area contributed by atoms with Crippen LogP contribution in [-0.4, -0.2) is 17.0 Å². The topological polar surface area (TPSA) is 63.6 Å². The Balaban J connectivity index is 3.88. The van der Waals surface area contributed by atoms with Crippen molar-refractivity contribution < 1.29 is 18.5 Å². The summed E-state index contributed by atoms with van der Waals surface area (Å²) in [7, 11) is 0. The van der Waals surface area contributed by atoms with Crippen molar-refractivity contribution in [3.05, 3.63) is 0 Å². The van der Waals surface area contributed by atoms with Crippen molar-refractivity contribution in [3.63, 3.8) is 0 Å². The van der Waals surface area contributed by atoms with Crippen LogP contribution in [0.4, 0.5) is 0 Å². The summed E-state index contributed by atoms with van der Waals surface area (Å²) in [5.41, 5.74) is 0. The minimum absolute atomic E-state index is 0.803. The minimum atomic E-state index is -1.19. The lowest BCUT2D eigenvalue weighted by molar-refractivity contribution is -0.150. The zero-order valence-electron chi connectivity index (χ0n) is 4.63. The summed E-state index contributed by atoms with van der Waals surface area (Å²) < 4.78 is 3.97. The Kier molecular flexibility index (Phi) is 3.22. The summed E-state index contributed by atoms with van der Waals surface area (Å²) >= 11 is 2.37. The van der Waals surface area contributed by atoms with Gasteiger partial charge in [0.2, 0.25) is 0 Å². The van der Waals surface area contributed by atoms with E-state index in [2.05, 4.69) is 20.1 Å². The second-order valence-corrected chi connectivity index (χ2v) is 1.78.